The molecular weight excluding hydrogens is 314 g/mol. The summed E-state index contributed by atoms with van der Waals surface area (Å²) in [5.74, 6) is 0.977. The van der Waals surface area contributed by atoms with E-state index in [1.165, 1.54) is 16.8 Å². The van der Waals surface area contributed by atoms with Crippen molar-refractivity contribution < 1.29 is 4.74 Å². The fourth-order valence-electron chi connectivity index (χ4n) is 2.51. The van der Waals surface area contributed by atoms with Crippen LogP contribution in [0.1, 0.15) is 18.1 Å². The summed E-state index contributed by atoms with van der Waals surface area (Å²) < 4.78 is 6.81. The molecule has 1 aliphatic heterocycles. The average Bonchev–Trinajstić information content (AvgIpc) is 2.49. The lowest BCUT2D eigenvalue weighted by atomic mass is 10.1. The molecule has 104 valence electrons. The zero-order valence-electron chi connectivity index (χ0n) is 11.6. The van der Waals surface area contributed by atoms with Crippen molar-refractivity contribution in [1.29, 1.82) is 0 Å². The molecule has 0 saturated heterocycles. The van der Waals surface area contributed by atoms with Gasteiger partial charge in [0.15, 0.2) is 0 Å². The van der Waals surface area contributed by atoms with Gasteiger partial charge >= 0.3 is 0 Å². The van der Waals surface area contributed by atoms with Crippen LogP contribution in [0.3, 0.4) is 0 Å². The second-order valence-electron chi connectivity index (χ2n) is 5.05. The van der Waals surface area contributed by atoms with Crippen molar-refractivity contribution in [2.45, 2.75) is 19.9 Å². The van der Waals surface area contributed by atoms with E-state index >= 15 is 0 Å². The summed E-state index contributed by atoms with van der Waals surface area (Å²) in [6, 6.07) is 15.1. The van der Waals surface area contributed by atoms with Crippen LogP contribution in [-0.2, 0) is 13.0 Å². The van der Waals surface area contributed by atoms with Crippen LogP contribution in [0.25, 0.3) is 0 Å². The minimum Gasteiger partial charge on any atom is -0.490 e. The molecule has 2 aromatic carbocycles. The van der Waals surface area contributed by atoms with Crippen molar-refractivity contribution in [3.8, 4) is 5.75 Å². The van der Waals surface area contributed by atoms with E-state index in [9.17, 15) is 0 Å². The molecule has 0 N–H and O–H groups in total. The Morgan fingerprint density at radius 1 is 1.10 bits per heavy atom. The van der Waals surface area contributed by atoms with Crippen molar-refractivity contribution in [1.82, 2.24) is 0 Å². The number of halogens is 1. The number of anilines is 1. The molecule has 0 aromatic heterocycles. The molecule has 0 radical (unpaired) electrons. The van der Waals surface area contributed by atoms with E-state index in [2.05, 4.69) is 58.1 Å². The van der Waals surface area contributed by atoms with E-state index in [4.69, 9.17) is 4.74 Å². The maximum absolute atomic E-state index is 5.72. The molecule has 1 heterocycles. The molecule has 3 rings (SSSR count). The highest BCUT2D eigenvalue weighted by molar-refractivity contribution is 9.10. The standard InChI is InChI=1S/C17H18BrNO/c1-2-13-3-5-14(6-4-13)12-19-9-10-20-17-8-7-15(18)11-16(17)19/h3-8,11H,2,9-10,12H2,1H3. The van der Waals surface area contributed by atoms with E-state index < -0.39 is 0 Å². The summed E-state index contributed by atoms with van der Waals surface area (Å²) in [7, 11) is 0. The molecule has 0 unspecified atom stereocenters. The van der Waals surface area contributed by atoms with Gasteiger partial charge < -0.3 is 9.64 Å². The summed E-state index contributed by atoms with van der Waals surface area (Å²) in [6.07, 6.45) is 1.09. The molecule has 0 fully saturated rings. The number of hydrogen-bond donors (Lipinski definition) is 0. The first-order valence-corrected chi connectivity index (χ1v) is 7.80. The maximum Gasteiger partial charge on any atom is 0.142 e. The smallest absolute Gasteiger partial charge is 0.142 e. The normalized spacial score (nSPS) is 13.8. The van der Waals surface area contributed by atoms with Crippen LogP contribution < -0.4 is 9.64 Å². The van der Waals surface area contributed by atoms with Gasteiger partial charge in [0.25, 0.3) is 0 Å². The zero-order chi connectivity index (χ0) is 13.9. The first-order valence-electron chi connectivity index (χ1n) is 7.01. The third kappa shape index (κ3) is 2.83. The Hall–Kier alpha value is -1.48. The van der Waals surface area contributed by atoms with Gasteiger partial charge in [-0.05, 0) is 35.7 Å². The lowest BCUT2D eigenvalue weighted by Crippen LogP contribution is -2.32. The number of aryl methyl sites for hydroxylation is 1. The third-order valence-electron chi connectivity index (χ3n) is 3.69. The number of ether oxygens (including phenoxy) is 1. The highest BCUT2D eigenvalue weighted by Crippen LogP contribution is 2.34. The zero-order valence-corrected chi connectivity index (χ0v) is 13.2. The van der Waals surface area contributed by atoms with Crippen LogP contribution in [0.2, 0.25) is 0 Å². The first-order chi connectivity index (χ1) is 9.76. The average molecular weight is 332 g/mol. The van der Waals surface area contributed by atoms with Gasteiger partial charge in [-0.25, -0.2) is 0 Å². The summed E-state index contributed by atoms with van der Waals surface area (Å²) in [4.78, 5) is 2.38. The first kappa shape index (κ1) is 13.5. The summed E-state index contributed by atoms with van der Waals surface area (Å²) in [5, 5.41) is 0. The fourth-order valence-corrected chi connectivity index (χ4v) is 2.86. The second kappa shape index (κ2) is 5.88. The molecule has 3 heteroatoms. The fraction of sp³-hybridized carbons (Fsp3) is 0.294. The van der Waals surface area contributed by atoms with Crippen molar-refractivity contribution >= 4 is 21.6 Å². The van der Waals surface area contributed by atoms with Crippen molar-refractivity contribution in [3.63, 3.8) is 0 Å². The van der Waals surface area contributed by atoms with Gasteiger partial charge in [0.2, 0.25) is 0 Å². The van der Waals surface area contributed by atoms with Gasteiger partial charge in [-0.15, -0.1) is 0 Å². The Balaban J connectivity index is 1.83. The predicted octanol–water partition coefficient (Wildman–Crippen LogP) is 4.41. The van der Waals surface area contributed by atoms with Crippen LogP contribution >= 0.6 is 15.9 Å². The molecule has 20 heavy (non-hydrogen) atoms. The molecule has 0 amide bonds. The molecule has 0 saturated carbocycles. The molecule has 1 aliphatic rings. The van der Waals surface area contributed by atoms with Gasteiger partial charge in [0.1, 0.15) is 12.4 Å². The van der Waals surface area contributed by atoms with Gasteiger partial charge in [0, 0.05) is 11.0 Å². The van der Waals surface area contributed by atoms with Crippen molar-refractivity contribution in [2.75, 3.05) is 18.1 Å². The van der Waals surface area contributed by atoms with Crippen LogP contribution in [0.15, 0.2) is 46.9 Å². The van der Waals surface area contributed by atoms with Gasteiger partial charge in [-0.2, -0.15) is 0 Å². The largest absolute Gasteiger partial charge is 0.490 e. The molecule has 0 spiro atoms. The van der Waals surface area contributed by atoms with Gasteiger partial charge in [0.05, 0.1) is 12.2 Å². The highest BCUT2D eigenvalue weighted by Gasteiger charge is 2.18. The Kier molecular flexibility index (Phi) is 3.97. The van der Waals surface area contributed by atoms with E-state index in [0.717, 1.165) is 36.3 Å². The molecule has 2 aromatic rings. The van der Waals surface area contributed by atoms with Gasteiger partial charge in [-0.1, -0.05) is 47.1 Å². The van der Waals surface area contributed by atoms with E-state index in [-0.39, 0.29) is 0 Å². The monoisotopic (exact) mass is 331 g/mol. The Morgan fingerprint density at radius 3 is 2.60 bits per heavy atom. The Bertz CT molecular complexity index is 594. The quantitative estimate of drug-likeness (QED) is 0.825. The predicted molar refractivity (Wildman–Crippen MR) is 86.5 cm³/mol. The number of nitrogens with zero attached hydrogens (tertiary/aromatic N) is 1. The number of hydrogen-bond acceptors (Lipinski definition) is 2. The molecule has 2 nitrogen and oxygen atoms in total. The summed E-state index contributed by atoms with van der Waals surface area (Å²) >= 11 is 3.54. The Morgan fingerprint density at radius 2 is 1.85 bits per heavy atom. The molecule has 0 bridgehead atoms. The second-order valence-corrected chi connectivity index (χ2v) is 5.97. The minimum atomic E-state index is 0.752. The van der Waals surface area contributed by atoms with E-state index in [0.29, 0.717) is 0 Å². The van der Waals surface area contributed by atoms with Crippen LogP contribution in [0.4, 0.5) is 5.69 Å². The molecular formula is C17H18BrNO. The maximum atomic E-state index is 5.72. The molecule has 0 atom stereocenters. The lowest BCUT2D eigenvalue weighted by Gasteiger charge is -2.31. The molecule has 0 aliphatic carbocycles. The third-order valence-corrected chi connectivity index (χ3v) is 4.18. The number of benzene rings is 2. The number of fused-ring (bicyclic) bond motifs is 1. The van der Waals surface area contributed by atoms with Gasteiger partial charge in [-0.3, -0.25) is 0 Å². The summed E-state index contributed by atoms with van der Waals surface area (Å²) in [6.45, 7) is 4.79. The van der Waals surface area contributed by atoms with Crippen LogP contribution in [0, 0.1) is 0 Å². The minimum absolute atomic E-state index is 0.752. The lowest BCUT2D eigenvalue weighted by molar-refractivity contribution is 0.307. The number of rotatable bonds is 3. The SMILES string of the molecule is CCc1ccc(CN2CCOc3ccc(Br)cc32)cc1. The van der Waals surface area contributed by atoms with Crippen molar-refractivity contribution in [2.24, 2.45) is 0 Å². The van der Waals surface area contributed by atoms with E-state index in [1.807, 2.05) is 12.1 Å². The topological polar surface area (TPSA) is 12.5 Å². The van der Waals surface area contributed by atoms with Crippen molar-refractivity contribution in [3.05, 3.63) is 58.1 Å². The highest BCUT2D eigenvalue weighted by atomic mass is 79.9. The van der Waals surface area contributed by atoms with E-state index in [1.54, 1.807) is 0 Å². The summed E-state index contributed by atoms with van der Waals surface area (Å²) in [5.41, 5.74) is 3.90. The Labute approximate surface area is 128 Å². The van der Waals surface area contributed by atoms with Crippen LogP contribution in [0.5, 0.6) is 5.75 Å². The van der Waals surface area contributed by atoms with Crippen LogP contribution in [-0.4, -0.2) is 13.2 Å².